The number of carbonyl (C=O) groups is 2. The Balaban J connectivity index is 1.19. The van der Waals surface area contributed by atoms with E-state index in [2.05, 4.69) is 22.4 Å². The topological polar surface area (TPSA) is 115 Å². The third-order valence-corrected chi connectivity index (χ3v) is 8.95. The molecule has 2 aliphatic rings. The number of benzene rings is 2. The molecule has 0 aliphatic heterocycles. The molecule has 2 N–H and O–H groups in total. The van der Waals surface area contributed by atoms with Gasteiger partial charge in [-0.3, -0.25) is 14.6 Å². The SMILES string of the molecule is CC1(c2cncc(C(=O)NCC(=O)O)c2)CC1c1ccc(OCc2c(-c3c(Cl)cccc3Cl)noc2C2CC2)cc1Cl. The van der Waals surface area contributed by atoms with Gasteiger partial charge in [-0.1, -0.05) is 59.0 Å². The molecular formula is C31H26Cl3N3O5. The van der Waals surface area contributed by atoms with E-state index in [0.717, 1.165) is 41.7 Å². The summed E-state index contributed by atoms with van der Waals surface area (Å²) in [6, 6.07) is 12.7. The van der Waals surface area contributed by atoms with E-state index in [1.54, 1.807) is 36.5 Å². The van der Waals surface area contributed by atoms with Crippen LogP contribution in [0.5, 0.6) is 5.75 Å². The van der Waals surface area contributed by atoms with Crippen molar-refractivity contribution in [2.45, 2.75) is 50.0 Å². The van der Waals surface area contributed by atoms with Gasteiger partial charge in [-0.15, -0.1) is 0 Å². The van der Waals surface area contributed by atoms with Crippen LogP contribution in [-0.4, -0.2) is 33.7 Å². The lowest BCUT2D eigenvalue weighted by Gasteiger charge is -2.15. The summed E-state index contributed by atoms with van der Waals surface area (Å²) in [4.78, 5) is 27.4. The highest BCUT2D eigenvalue weighted by atomic mass is 35.5. The molecule has 216 valence electrons. The van der Waals surface area contributed by atoms with Gasteiger partial charge in [-0.25, -0.2) is 0 Å². The summed E-state index contributed by atoms with van der Waals surface area (Å²) in [7, 11) is 0. The summed E-state index contributed by atoms with van der Waals surface area (Å²) in [5.41, 5.74) is 3.92. The molecule has 6 rings (SSSR count). The summed E-state index contributed by atoms with van der Waals surface area (Å²) in [5.74, 6) is 0.227. The normalized spacial score (nSPS) is 19.4. The van der Waals surface area contributed by atoms with Gasteiger partial charge in [0.25, 0.3) is 5.91 Å². The van der Waals surface area contributed by atoms with Crippen LogP contribution in [0, 0.1) is 0 Å². The predicted octanol–water partition coefficient (Wildman–Crippen LogP) is 7.41. The standard InChI is InChI=1S/C31H26Cl3N3O5/c1-31(18-9-17(12-35-13-18)30(40)36-14-26(38)39)11-22(31)20-8-7-19(10-25(20)34)41-15-21-28(37-42-29(21)16-5-6-16)27-23(32)3-2-4-24(27)33/h2-4,7-10,12-13,16,22H,5-6,11,14-15H2,1H3,(H,36,40)(H,38,39). The summed E-state index contributed by atoms with van der Waals surface area (Å²) in [5, 5.41) is 17.1. The smallest absolute Gasteiger partial charge is 0.322 e. The lowest BCUT2D eigenvalue weighted by Crippen LogP contribution is -2.29. The van der Waals surface area contributed by atoms with E-state index in [4.69, 9.17) is 49.2 Å². The van der Waals surface area contributed by atoms with Crippen molar-refractivity contribution < 1.29 is 24.0 Å². The number of carbonyl (C=O) groups excluding carboxylic acids is 1. The lowest BCUT2D eigenvalue weighted by atomic mass is 9.93. The van der Waals surface area contributed by atoms with Crippen molar-refractivity contribution in [2.75, 3.05) is 6.54 Å². The highest BCUT2D eigenvalue weighted by molar-refractivity contribution is 6.39. The minimum Gasteiger partial charge on any atom is -0.489 e. The maximum Gasteiger partial charge on any atom is 0.322 e. The second kappa shape index (κ2) is 11.2. The predicted molar refractivity (Wildman–Crippen MR) is 159 cm³/mol. The maximum atomic E-state index is 12.4. The van der Waals surface area contributed by atoms with Gasteiger partial charge in [0.1, 0.15) is 30.4 Å². The fraction of sp³-hybridized carbons (Fsp3) is 0.290. The first kappa shape index (κ1) is 28.5. The molecule has 2 aromatic heterocycles. The van der Waals surface area contributed by atoms with Crippen LogP contribution < -0.4 is 10.1 Å². The fourth-order valence-corrected chi connectivity index (χ4v) is 6.23. The van der Waals surface area contributed by atoms with E-state index in [1.807, 2.05) is 12.1 Å². The number of hydrogen-bond donors (Lipinski definition) is 2. The third kappa shape index (κ3) is 5.59. The van der Waals surface area contributed by atoms with Crippen molar-refractivity contribution in [3.8, 4) is 17.0 Å². The van der Waals surface area contributed by atoms with E-state index in [-0.39, 0.29) is 17.9 Å². The fourth-order valence-electron chi connectivity index (χ4n) is 5.36. The second-order valence-corrected chi connectivity index (χ2v) is 12.2. The number of ether oxygens (including phenoxy) is 1. The van der Waals surface area contributed by atoms with E-state index in [0.29, 0.717) is 43.6 Å². The van der Waals surface area contributed by atoms with E-state index < -0.39 is 18.4 Å². The quantitative estimate of drug-likeness (QED) is 0.188. The van der Waals surface area contributed by atoms with Gasteiger partial charge in [-0.2, -0.15) is 0 Å². The molecule has 0 bridgehead atoms. The molecule has 2 heterocycles. The van der Waals surface area contributed by atoms with Crippen molar-refractivity contribution >= 4 is 46.7 Å². The second-order valence-electron chi connectivity index (χ2n) is 10.9. The Bertz CT molecular complexity index is 1680. The average molecular weight is 627 g/mol. The van der Waals surface area contributed by atoms with Gasteiger partial charge in [-0.05, 0) is 66.6 Å². The first-order valence-electron chi connectivity index (χ1n) is 13.5. The van der Waals surface area contributed by atoms with Crippen LogP contribution >= 0.6 is 34.8 Å². The van der Waals surface area contributed by atoms with Crippen molar-refractivity contribution in [3.05, 3.63) is 97.9 Å². The molecule has 4 aromatic rings. The molecule has 2 fully saturated rings. The van der Waals surface area contributed by atoms with Crippen LogP contribution in [-0.2, 0) is 16.8 Å². The molecule has 8 nitrogen and oxygen atoms in total. The van der Waals surface area contributed by atoms with Crippen molar-refractivity contribution in [3.63, 3.8) is 0 Å². The first-order valence-corrected chi connectivity index (χ1v) is 14.6. The Hall–Kier alpha value is -3.59. The number of rotatable bonds is 10. The number of hydrogen-bond acceptors (Lipinski definition) is 6. The van der Waals surface area contributed by atoms with Crippen LogP contribution in [0.4, 0.5) is 0 Å². The number of amides is 1. The Morgan fingerprint density at radius 3 is 2.55 bits per heavy atom. The van der Waals surface area contributed by atoms with Crippen molar-refractivity contribution in [2.24, 2.45) is 0 Å². The molecule has 1 amide bonds. The van der Waals surface area contributed by atoms with Gasteiger partial charge >= 0.3 is 5.97 Å². The monoisotopic (exact) mass is 625 g/mol. The first-order chi connectivity index (χ1) is 20.2. The Morgan fingerprint density at radius 1 is 1.10 bits per heavy atom. The molecular weight excluding hydrogens is 601 g/mol. The number of halogens is 3. The highest BCUT2D eigenvalue weighted by Crippen LogP contribution is 2.61. The van der Waals surface area contributed by atoms with Crippen LogP contribution in [0.1, 0.15) is 70.8 Å². The summed E-state index contributed by atoms with van der Waals surface area (Å²) in [6.45, 7) is 1.85. The number of carboxylic acids is 1. The molecule has 0 saturated heterocycles. The van der Waals surface area contributed by atoms with Crippen LogP contribution in [0.3, 0.4) is 0 Å². The van der Waals surface area contributed by atoms with Crippen molar-refractivity contribution in [1.82, 2.24) is 15.5 Å². The molecule has 2 aromatic carbocycles. The molecule has 0 spiro atoms. The van der Waals surface area contributed by atoms with E-state index in [1.165, 1.54) is 6.20 Å². The number of carboxylic acid groups (broad SMARTS) is 1. The van der Waals surface area contributed by atoms with Crippen molar-refractivity contribution in [1.29, 1.82) is 0 Å². The van der Waals surface area contributed by atoms with Crippen LogP contribution in [0.25, 0.3) is 11.3 Å². The van der Waals surface area contributed by atoms with E-state index >= 15 is 0 Å². The minimum absolute atomic E-state index is 0.117. The van der Waals surface area contributed by atoms with Gasteiger partial charge in [0, 0.05) is 34.3 Å². The number of nitrogens with one attached hydrogen (secondary N) is 1. The molecule has 42 heavy (non-hydrogen) atoms. The highest BCUT2D eigenvalue weighted by Gasteiger charge is 2.53. The molecule has 11 heteroatoms. The Morgan fingerprint density at radius 2 is 1.86 bits per heavy atom. The van der Waals surface area contributed by atoms with E-state index in [9.17, 15) is 9.59 Å². The summed E-state index contributed by atoms with van der Waals surface area (Å²) >= 11 is 19.7. The van der Waals surface area contributed by atoms with Gasteiger partial charge in [0.05, 0.1) is 21.2 Å². The van der Waals surface area contributed by atoms with Gasteiger partial charge in [0.2, 0.25) is 0 Å². The molecule has 2 atom stereocenters. The number of aliphatic carboxylic acids is 1. The Kier molecular flexibility index (Phi) is 7.64. The number of aromatic nitrogens is 2. The Labute approximate surface area is 256 Å². The largest absolute Gasteiger partial charge is 0.489 e. The van der Waals surface area contributed by atoms with Crippen LogP contribution in [0.2, 0.25) is 15.1 Å². The summed E-state index contributed by atoms with van der Waals surface area (Å²) < 4.78 is 11.9. The molecule has 2 aliphatic carbocycles. The number of pyridine rings is 1. The molecule has 0 radical (unpaired) electrons. The lowest BCUT2D eigenvalue weighted by molar-refractivity contribution is -0.135. The molecule has 2 saturated carbocycles. The van der Waals surface area contributed by atoms with Gasteiger partial charge in [0.15, 0.2) is 0 Å². The average Bonchev–Trinajstić information content (AvgIpc) is 3.89. The zero-order valence-electron chi connectivity index (χ0n) is 22.5. The number of nitrogens with zero attached hydrogens (tertiary/aromatic N) is 2. The zero-order valence-corrected chi connectivity index (χ0v) is 24.8. The van der Waals surface area contributed by atoms with Crippen LogP contribution in [0.15, 0.2) is 59.4 Å². The molecule has 2 unspecified atom stereocenters. The minimum atomic E-state index is -1.11. The summed E-state index contributed by atoms with van der Waals surface area (Å²) in [6.07, 6.45) is 6.05. The third-order valence-electron chi connectivity index (χ3n) is 7.99. The van der Waals surface area contributed by atoms with Gasteiger partial charge < -0.3 is 19.7 Å². The maximum absolute atomic E-state index is 12.4. The zero-order chi connectivity index (χ0) is 29.6.